The molecule has 0 aromatic carbocycles. The van der Waals surface area contributed by atoms with Crippen molar-refractivity contribution in [1.29, 1.82) is 0 Å². The first-order chi connectivity index (χ1) is 8.09. The highest BCUT2D eigenvalue weighted by Gasteiger charge is 2.33. The molecule has 1 atom stereocenters. The fourth-order valence-corrected chi connectivity index (χ4v) is 3.02. The zero-order chi connectivity index (χ0) is 12.3. The van der Waals surface area contributed by atoms with Crippen LogP contribution >= 0.6 is 0 Å². The number of nitrogens with zero attached hydrogens (tertiary/aromatic N) is 1. The number of aliphatic hydroxyl groups is 1. The molecule has 98 valence electrons. The number of carbonyl (C=O) groups is 1. The number of likely N-dealkylation sites (N-methyl/N-ethyl adjacent to an activating group) is 1. The van der Waals surface area contributed by atoms with E-state index in [1.165, 1.54) is 6.42 Å². The molecule has 1 aliphatic heterocycles. The van der Waals surface area contributed by atoms with Gasteiger partial charge in [-0.3, -0.25) is 4.79 Å². The highest BCUT2D eigenvalue weighted by molar-refractivity contribution is 5.76. The highest BCUT2D eigenvalue weighted by Crippen LogP contribution is 2.30. The Labute approximate surface area is 103 Å². The van der Waals surface area contributed by atoms with Gasteiger partial charge in [0.05, 0.1) is 5.60 Å². The Morgan fingerprint density at radius 3 is 2.71 bits per heavy atom. The van der Waals surface area contributed by atoms with Crippen molar-refractivity contribution in [1.82, 2.24) is 10.2 Å². The van der Waals surface area contributed by atoms with Gasteiger partial charge in [-0.1, -0.05) is 12.8 Å². The van der Waals surface area contributed by atoms with E-state index in [1.54, 1.807) is 4.90 Å². The summed E-state index contributed by atoms with van der Waals surface area (Å²) in [5.41, 5.74) is -0.618. The molecule has 4 nitrogen and oxygen atoms in total. The van der Waals surface area contributed by atoms with E-state index in [0.29, 0.717) is 19.0 Å². The quantitative estimate of drug-likeness (QED) is 0.767. The first-order valence-corrected chi connectivity index (χ1v) is 6.79. The van der Waals surface area contributed by atoms with Gasteiger partial charge >= 0.3 is 0 Å². The van der Waals surface area contributed by atoms with Crippen LogP contribution in [0.15, 0.2) is 0 Å². The van der Waals surface area contributed by atoms with Crippen LogP contribution in [0, 0.1) is 0 Å². The second-order valence-corrected chi connectivity index (χ2v) is 5.68. The van der Waals surface area contributed by atoms with Crippen LogP contribution in [0.5, 0.6) is 0 Å². The summed E-state index contributed by atoms with van der Waals surface area (Å²) in [4.78, 5) is 13.7. The predicted molar refractivity (Wildman–Crippen MR) is 66.7 cm³/mol. The Bertz CT molecular complexity index is 269. The Morgan fingerprint density at radius 1 is 1.41 bits per heavy atom. The van der Waals surface area contributed by atoms with Crippen molar-refractivity contribution < 1.29 is 9.90 Å². The molecule has 2 aliphatic rings. The third kappa shape index (κ3) is 3.42. The minimum absolute atomic E-state index is 0.157. The molecule has 0 aromatic heterocycles. The molecule has 0 bridgehead atoms. The Hall–Kier alpha value is -0.610. The van der Waals surface area contributed by atoms with Gasteiger partial charge in [-0.2, -0.15) is 0 Å². The number of hydrogen-bond acceptors (Lipinski definition) is 3. The maximum atomic E-state index is 12.0. The number of nitrogens with one attached hydrogen (secondary N) is 1. The lowest BCUT2D eigenvalue weighted by Gasteiger charge is -2.29. The van der Waals surface area contributed by atoms with Crippen LogP contribution in [0.1, 0.15) is 44.9 Å². The maximum Gasteiger partial charge on any atom is 0.223 e. The zero-order valence-corrected chi connectivity index (χ0v) is 10.7. The largest absolute Gasteiger partial charge is 0.388 e. The Morgan fingerprint density at radius 2 is 2.12 bits per heavy atom. The summed E-state index contributed by atoms with van der Waals surface area (Å²) in [5.74, 6) is 0.157. The topological polar surface area (TPSA) is 52.6 Å². The van der Waals surface area contributed by atoms with Crippen LogP contribution in [-0.2, 0) is 4.79 Å². The molecule has 1 saturated heterocycles. The van der Waals surface area contributed by atoms with Gasteiger partial charge in [0, 0.05) is 26.1 Å². The van der Waals surface area contributed by atoms with Crippen molar-refractivity contribution in [2.24, 2.45) is 0 Å². The summed E-state index contributed by atoms with van der Waals surface area (Å²) < 4.78 is 0. The predicted octanol–water partition coefficient (Wildman–Crippen LogP) is 0.892. The number of hydrogen-bond donors (Lipinski definition) is 2. The molecule has 1 unspecified atom stereocenters. The van der Waals surface area contributed by atoms with Crippen LogP contribution in [0.2, 0.25) is 0 Å². The minimum Gasteiger partial charge on any atom is -0.388 e. The standard InChI is InChI=1S/C13H24N2O2/c1-15(10-13(17)6-2-3-7-13)12(16)9-11-5-4-8-14-11/h11,14,17H,2-10H2,1H3. The van der Waals surface area contributed by atoms with E-state index in [1.807, 2.05) is 7.05 Å². The van der Waals surface area contributed by atoms with E-state index < -0.39 is 5.60 Å². The molecule has 1 aliphatic carbocycles. The number of amides is 1. The van der Waals surface area contributed by atoms with Crippen LogP contribution < -0.4 is 5.32 Å². The van der Waals surface area contributed by atoms with Gasteiger partial charge in [-0.15, -0.1) is 0 Å². The van der Waals surface area contributed by atoms with Crippen molar-refractivity contribution in [2.75, 3.05) is 20.1 Å². The first kappa shape index (κ1) is 12.8. The van der Waals surface area contributed by atoms with Gasteiger partial charge in [0.25, 0.3) is 0 Å². The first-order valence-electron chi connectivity index (χ1n) is 6.79. The molecule has 0 spiro atoms. The monoisotopic (exact) mass is 240 g/mol. The van der Waals surface area contributed by atoms with Crippen LogP contribution in [0.3, 0.4) is 0 Å². The van der Waals surface area contributed by atoms with E-state index in [-0.39, 0.29) is 5.91 Å². The SMILES string of the molecule is CN(CC1(O)CCCC1)C(=O)CC1CCCN1. The Balaban J connectivity index is 1.78. The molecule has 1 saturated carbocycles. The average molecular weight is 240 g/mol. The summed E-state index contributed by atoms with van der Waals surface area (Å²) >= 11 is 0. The van der Waals surface area contributed by atoms with Gasteiger partial charge < -0.3 is 15.3 Å². The third-order valence-corrected chi connectivity index (χ3v) is 4.07. The van der Waals surface area contributed by atoms with E-state index >= 15 is 0 Å². The van der Waals surface area contributed by atoms with Crippen molar-refractivity contribution in [2.45, 2.75) is 56.6 Å². The average Bonchev–Trinajstić information content (AvgIpc) is 2.90. The van der Waals surface area contributed by atoms with Gasteiger partial charge in [-0.25, -0.2) is 0 Å². The van der Waals surface area contributed by atoms with E-state index in [2.05, 4.69) is 5.32 Å². The smallest absolute Gasteiger partial charge is 0.223 e. The lowest BCUT2D eigenvalue weighted by atomic mass is 10.0. The molecule has 1 amide bonds. The molecule has 1 heterocycles. The lowest BCUT2D eigenvalue weighted by molar-refractivity contribution is -0.133. The summed E-state index contributed by atoms with van der Waals surface area (Å²) in [6, 6.07) is 0.350. The van der Waals surface area contributed by atoms with Gasteiger partial charge in [0.1, 0.15) is 0 Å². The Kier molecular flexibility index (Phi) is 4.05. The fraction of sp³-hybridized carbons (Fsp3) is 0.923. The van der Waals surface area contributed by atoms with E-state index in [9.17, 15) is 9.90 Å². The lowest BCUT2D eigenvalue weighted by Crippen LogP contribution is -2.43. The number of carbonyl (C=O) groups excluding carboxylic acids is 1. The molecular formula is C13H24N2O2. The molecule has 17 heavy (non-hydrogen) atoms. The van der Waals surface area contributed by atoms with Crippen molar-refractivity contribution in [3.8, 4) is 0 Å². The van der Waals surface area contributed by atoms with Crippen LogP contribution in [0.4, 0.5) is 0 Å². The summed E-state index contributed by atoms with van der Waals surface area (Å²) in [6.45, 7) is 1.53. The van der Waals surface area contributed by atoms with Crippen LogP contribution in [-0.4, -0.2) is 47.7 Å². The van der Waals surface area contributed by atoms with Gasteiger partial charge in [-0.05, 0) is 32.2 Å². The summed E-state index contributed by atoms with van der Waals surface area (Å²) in [5, 5.41) is 13.6. The second-order valence-electron chi connectivity index (χ2n) is 5.68. The second kappa shape index (κ2) is 5.36. The summed E-state index contributed by atoms with van der Waals surface area (Å²) in [6.07, 6.45) is 6.70. The maximum absolute atomic E-state index is 12.0. The zero-order valence-electron chi connectivity index (χ0n) is 10.7. The third-order valence-electron chi connectivity index (χ3n) is 4.07. The van der Waals surface area contributed by atoms with E-state index in [0.717, 1.165) is 38.6 Å². The molecular weight excluding hydrogens is 216 g/mol. The van der Waals surface area contributed by atoms with Crippen molar-refractivity contribution >= 4 is 5.91 Å². The molecule has 2 rings (SSSR count). The van der Waals surface area contributed by atoms with Crippen molar-refractivity contribution in [3.05, 3.63) is 0 Å². The van der Waals surface area contributed by atoms with Crippen LogP contribution in [0.25, 0.3) is 0 Å². The van der Waals surface area contributed by atoms with Crippen molar-refractivity contribution in [3.63, 3.8) is 0 Å². The molecule has 0 radical (unpaired) electrons. The normalized spacial score (nSPS) is 27.3. The minimum atomic E-state index is -0.618. The van der Waals surface area contributed by atoms with E-state index in [4.69, 9.17) is 0 Å². The molecule has 2 fully saturated rings. The molecule has 0 aromatic rings. The van der Waals surface area contributed by atoms with Gasteiger partial charge in [0.2, 0.25) is 5.91 Å². The summed E-state index contributed by atoms with van der Waals surface area (Å²) in [7, 11) is 1.81. The molecule has 2 N–H and O–H groups in total. The number of rotatable bonds is 4. The highest BCUT2D eigenvalue weighted by atomic mass is 16.3. The fourth-order valence-electron chi connectivity index (χ4n) is 3.02. The molecule has 4 heteroatoms. The van der Waals surface area contributed by atoms with Gasteiger partial charge in [0.15, 0.2) is 0 Å².